The molecule has 2 N–H and O–H groups in total. The molecule has 0 aliphatic heterocycles. The van der Waals surface area contributed by atoms with Gasteiger partial charge in [-0.15, -0.1) is 12.4 Å². The van der Waals surface area contributed by atoms with Crippen LogP contribution in [0, 0.1) is 5.41 Å². The summed E-state index contributed by atoms with van der Waals surface area (Å²) in [6.07, 6.45) is 1.21. The molecule has 1 aromatic carbocycles. The number of benzene rings is 1. The van der Waals surface area contributed by atoms with Crippen LogP contribution in [0.3, 0.4) is 0 Å². The van der Waals surface area contributed by atoms with Crippen LogP contribution in [0.2, 0.25) is 0 Å². The lowest BCUT2D eigenvalue weighted by Gasteiger charge is -2.29. The quantitative estimate of drug-likeness (QED) is 0.773. The van der Waals surface area contributed by atoms with Crippen LogP contribution in [0.4, 0.5) is 0 Å². The maximum absolute atomic E-state index is 12.2. The van der Waals surface area contributed by atoms with E-state index in [0.29, 0.717) is 19.5 Å². The van der Waals surface area contributed by atoms with E-state index in [-0.39, 0.29) is 23.7 Å². The van der Waals surface area contributed by atoms with E-state index in [1.165, 1.54) is 0 Å². The Hall–Kier alpha value is -0.780. The maximum Gasteiger partial charge on any atom is 0.222 e. The summed E-state index contributed by atoms with van der Waals surface area (Å²) in [4.78, 5) is 13.9. The fourth-order valence-corrected chi connectivity index (χ4v) is 2.69. The molecule has 0 bridgehead atoms. The van der Waals surface area contributed by atoms with Crippen LogP contribution in [0.25, 0.3) is 0 Å². The Kier molecular flexibility index (Phi) is 9.05. The molecule has 1 aromatic rings. The summed E-state index contributed by atoms with van der Waals surface area (Å²) in [6.45, 7) is 5.37. The molecule has 22 heavy (non-hydrogen) atoms. The van der Waals surface area contributed by atoms with E-state index in [1.54, 1.807) is 12.0 Å². The molecule has 0 saturated heterocycles. The van der Waals surface area contributed by atoms with Gasteiger partial charge in [0.05, 0.1) is 11.6 Å². The van der Waals surface area contributed by atoms with Gasteiger partial charge in [0.2, 0.25) is 5.91 Å². The summed E-state index contributed by atoms with van der Waals surface area (Å²) >= 11 is 3.46. The Labute approximate surface area is 147 Å². The van der Waals surface area contributed by atoms with Crippen molar-refractivity contribution in [2.24, 2.45) is 11.1 Å². The second-order valence-electron chi connectivity index (χ2n) is 6.09. The summed E-state index contributed by atoms with van der Waals surface area (Å²) in [5.74, 6) is 0.940. The number of aryl methyl sites for hydroxylation is 1. The summed E-state index contributed by atoms with van der Waals surface area (Å²) in [5.41, 5.74) is 6.77. The molecular formula is C16H26BrClN2O2. The highest BCUT2D eigenvalue weighted by Crippen LogP contribution is 2.26. The van der Waals surface area contributed by atoms with Crippen LogP contribution in [0.5, 0.6) is 5.75 Å². The van der Waals surface area contributed by atoms with Crippen molar-refractivity contribution in [3.8, 4) is 5.75 Å². The molecular weight excluding hydrogens is 368 g/mol. The molecule has 0 radical (unpaired) electrons. The number of amides is 1. The first-order chi connectivity index (χ1) is 9.79. The van der Waals surface area contributed by atoms with E-state index < -0.39 is 0 Å². The number of methoxy groups -OCH3 is 1. The number of carbonyl (C=O) groups excluding carboxylic acids is 1. The molecule has 0 aliphatic rings. The molecule has 0 atom stereocenters. The lowest BCUT2D eigenvalue weighted by Crippen LogP contribution is -2.39. The number of nitrogens with two attached hydrogens (primary N) is 1. The molecule has 4 nitrogen and oxygen atoms in total. The number of carbonyl (C=O) groups is 1. The van der Waals surface area contributed by atoms with Gasteiger partial charge in [-0.25, -0.2) is 0 Å². The van der Waals surface area contributed by atoms with Gasteiger partial charge in [0.25, 0.3) is 0 Å². The maximum atomic E-state index is 12.2. The van der Waals surface area contributed by atoms with Crippen molar-refractivity contribution in [3.05, 3.63) is 28.2 Å². The fourth-order valence-electron chi connectivity index (χ4n) is 2.10. The van der Waals surface area contributed by atoms with E-state index in [2.05, 4.69) is 29.8 Å². The highest BCUT2D eigenvalue weighted by molar-refractivity contribution is 9.10. The summed E-state index contributed by atoms with van der Waals surface area (Å²) in [5, 5.41) is 0. The SMILES string of the molecule is COc1ccc(CCC(=O)N(C)CC(C)(C)CN)cc1Br.Cl. The summed E-state index contributed by atoms with van der Waals surface area (Å²) in [7, 11) is 3.47. The zero-order chi connectivity index (χ0) is 16.0. The third-order valence-electron chi connectivity index (χ3n) is 3.49. The van der Waals surface area contributed by atoms with Gasteiger partial charge in [0.15, 0.2) is 0 Å². The van der Waals surface area contributed by atoms with Gasteiger partial charge in [-0.05, 0) is 52.0 Å². The minimum atomic E-state index is -0.0481. The first kappa shape index (κ1) is 21.2. The van der Waals surface area contributed by atoms with Crippen LogP contribution in [0.15, 0.2) is 22.7 Å². The fraction of sp³-hybridized carbons (Fsp3) is 0.562. The number of hydrogen-bond donors (Lipinski definition) is 1. The van der Waals surface area contributed by atoms with Gasteiger partial charge >= 0.3 is 0 Å². The lowest BCUT2D eigenvalue weighted by atomic mass is 9.93. The number of rotatable bonds is 7. The number of ether oxygens (including phenoxy) is 1. The molecule has 0 unspecified atom stereocenters. The second-order valence-corrected chi connectivity index (χ2v) is 6.94. The predicted octanol–water partition coefficient (Wildman–Crippen LogP) is 3.26. The van der Waals surface area contributed by atoms with Gasteiger partial charge in [0.1, 0.15) is 5.75 Å². The van der Waals surface area contributed by atoms with Crippen LogP contribution < -0.4 is 10.5 Å². The molecule has 126 valence electrons. The largest absolute Gasteiger partial charge is 0.496 e. The third kappa shape index (κ3) is 6.55. The Morgan fingerprint density at radius 2 is 2.05 bits per heavy atom. The van der Waals surface area contributed by atoms with Crippen LogP contribution in [-0.2, 0) is 11.2 Å². The first-order valence-electron chi connectivity index (χ1n) is 7.05. The normalized spacial score (nSPS) is 10.8. The highest BCUT2D eigenvalue weighted by atomic mass is 79.9. The van der Waals surface area contributed by atoms with Crippen LogP contribution >= 0.6 is 28.3 Å². The van der Waals surface area contributed by atoms with Gasteiger partial charge in [-0.1, -0.05) is 19.9 Å². The molecule has 0 aliphatic carbocycles. The molecule has 0 saturated carbocycles. The molecule has 6 heteroatoms. The van der Waals surface area contributed by atoms with Gasteiger partial charge < -0.3 is 15.4 Å². The van der Waals surface area contributed by atoms with E-state index in [1.807, 2.05) is 25.2 Å². The van der Waals surface area contributed by atoms with E-state index in [4.69, 9.17) is 10.5 Å². The zero-order valence-corrected chi connectivity index (χ0v) is 16.1. The standard InChI is InChI=1S/C16H25BrN2O2.ClH/c1-16(2,10-18)11-19(3)15(20)8-6-12-5-7-14(21-4)13(17)9-12;/h5,7,9H,6,8,10-11,18H2,1-4H3;1H. The van der Waals surface area contributed by atoms with Crippen molar-refractivity contribution in [3.63, 3.8) is 0 Å². The average molecular weight is 394 g/mol. The van der Waals surface area contributed by atoms with Gasteiger partial charge in [0, 0.05) is 20.0 Å². The number of hydrogen-bond acceptors (Lipinski definition) is 3. The van der Waals surface area contributed by atoms with E-state index in [0.717, 1.165) is 22.2 Å². The highest BCUT2D eigenvalue weighted by Gasteiger charge is 2.20. The Balaban J connectivity index is 0.00000441. The van der Waals surface area contributed by atoms with Gasteiger partial charge in [-0.2, -0.15) is 0 Å². The van der Waals surface area contributed by atoms with Crippen molar-refractivity contribution in [2.75, 3.05) is 27.2 Å². The van der Waals surface area contributed by atoms with Crippen molar-refractivity contribution in [1.82, 2.24) is 4.90 Å². The molecule has 0 aromatic heterocycles. The lowest BCUT2D eigenvalue weighted by molar-refractivity contribution is -0.131. The van der Waals surface area contributed by atoms with Crippen molar-refractivity contribution in [1.29, 1.82) is 0 Å². The van der Waals surface area contributed by atoms with E-state index >= 15 is 0 Å². The van der Waals surface area contributed by atoms with Crippen molar-refractivity contribution >= 4 is 34.2 Å². The minimum absolute atomic E-state index is 0. The first-order valence-corrected chi connectivity index (χ1v) is 7.85. The summed E-state index contributed by atoms with van der Waals surface area (Å²) in [6, 6.07) is 5.89. The molecule has 0 heterocycles. The molecule has 0 fully saturated rings. The molecule has 1 rings (SSSR count). The zero-order valence-electron chi connectivity index (χ0n) is 13.7. The van der Waals surface area contributed by atoms with E-state index in [9.17, 15) is 4.79 Å². The predicted molar refractivity (Wildman–Crippen MR) is 96.7 cm³/mol. The number of halogens is 2. The minimum Gasteiger partial charge on any atom is -0.496 e. The topological polar surface area (TPSA) is 55.6 Å². The van der Waals surface area contributed by atoms with Crippen LogP contribution in [0.1, 0.15) is 25.8 Å². The van der Waals surface area contributed by atoms with Crippen molar-refractivity contribution in [2.45, 2.75) is 26.7 Å². The second kappa shape index (κ2) is 9.38. The number of nitrogens with zero attached hydrogens (tertiary/aromatic N) is 1. The van der Waals surface area contributed by atoms with Crippen LogP contribution in [-0.4, -0.2) is 38.1 Å². The van der Waals surface area contributed by atoms with Crippen molar-refractivity contribution < 1.29 is 9.53 Å². The summed E-state index contributed by atoms with van der Waals surface area (Å²) < 4.78 is 6.11. The Morgan fingerprint density at radius 3 is 2.55 bits per heavy atom. The third-order valence-corrected chi connectivity index (χ3v) is 4.11. The molecule has 0 spiro atoms. The van der Waals surface area contributed by atoms with Gasteiger partial charge in [-0.3, -0.25) is 4.79 Å². The smallest absolute Gasteiger partial charge is 0.222 e. The Bertz CT molecular complexity index is 495. The average Bonchev–Trinajstić information content (AvgIpc) is 2.44. The molecule has 1 amide bonds. The monoisotopic (exact) mass is 392 g/mol. The Morgan fingerprint density at radius 1 is 1.41 bits per heavy atom.